The lowest BCUT2D eigenvalue weighted by molar-refractivity contribution is 0.00387. The zero-order valence-electron chi connectivity index (χ0n) is 8.52. The molecule has 0 spiro atoms. The standard InChI is InChI=1S/C9H22N2O/c1-4-9(2,12-3)8-11-7-5-6-10/h11H,4-8,10H2,1-3H3. The van der Waals surface area contributed by atoms with Gasteiger partial charge in [0, 0.05) is 13.7 Å². The predicted octanol–water partition coefficient (Wildman–Crippen LogP) is 0.740. The van der Waals surface area contributed by atoms with Gasteiger partial charge in [-0.05, 0) is 32.9 Å². The Morgan fingerprint density at radius 3 is 2.58 bits per heavy atom. The molecule has 0 aliphatic carbocycles. The van der Waals surface area contributed by atoms with Crippen molar-refractivity contribution in [3.8, 4) is 0 Å². The molecule has 0 heterocycles. The fraction of sp³-hybridized carbons (Fsp3) is 1.00. The van der Waals surface area contributed by atoms with Crippen LogP contribution in [0.4, 0.5) is 0 Å². The van der Waals surface area contributed by atoms with Crippen molar-refractivity contribution in [3.63, 3.8) is 0 Å². The zero-order valence-corrected chi connectivity index (χ0v) is 8.52. The molecule has 0 aromatic heterocycles. The summed E-state index contributed by atoms with van der Waals surface area (Å²) in [6.45, 7) is 6.88. The van der Waals surface area contributed by atoms with Crippen molar-refractivity contribution in [1.82, 2.24) is 5.32 Å². The van der Waals surface area contributed by atoms with Gasteiger partial charge in [-0.1, -0.05) is 6.92 Å². The fourth-order valence-corrected chi connectivity index (χ4v) is 0.921. The van der Waals surface area contributed by atoms with E-state index in [-0.39, 0.29) is 5.60 Å². The summed E-state index contributed by atoms with van der Waals surface area (Å²) in [7, 11) is 1.76. The van der Waals surface area contributed by atoms with Gasteiger partial charge in [0.25, 0.3) is 0 Å². The number of hydrogen-bond acceptors (Lipinski definition) is 3. The molecule has 1 unspecified atom stereocenters. The molecule has 0 radical (unpaired) electrons. The quantitative estimate of drug-likeness (QED) is 0.560. The van der Waals surface area contributed by atoms with E-state index in [1.807, 2.05) is 0 Å². The van der Waals surface area contributed by atoms with Crippen LogP contribution in [0.3, 0.4) is 0 Å². The average molecular weight is 174 g/mol. The van der Waals surface area contributed by atoms with E-state index in [0.29, 0.717) is 0 Å². The molecule has 0 amide bonds. The van der Waals surface area contributed by atoms with Crippen LogP contribution in [-0.4, -0.2) is 32.3 Å². The molecule has 3 heteroatoms. The van der Waals surface area contributed by atoms with Crippen molar-refractivity contribution in [1.29, 1.82) is 0 Å². The van der Waals surface area contributed by atoms with Gasteiger partial charge in [-0.3, -0.25) is 0 Å². The van der Waals surface area contributed by atoms with Crippen LogP contribution < -0.4 is 11.1 Å². The maximum atomic E-state index is 5.37. The highest BCUT2D eigenvalue weighted by molar-refractivity contribution is 4.75. The highest BCUT2D eigenvalue weighted by Gasteiger charge is 2.19. The highest BCUT2D eigenvalue weighted by atomic mass is 16.5. The predicted molar refractivity (Wildman–Crippen MR) is 52.2 cm³/mol. The molecule has 3 nitrogen and oxygen atoms in total. The Kier molecular flexibility index (Phi) is 6.34. The Morgan fingerprint density at radius 1 is 1.50 bits per heavy atom. The molecule has 74 valence electrons. The lowest BCUT2D eigenvalue weighted by Crippen LogP contribution is -2.39. The zero-order chi connectivity index (χ0) is 9.45. The summed E-state index contributed by atoms with van der Waals surface area (Å²) in [4.78, 5) is 0. The second-order valence-corrected chi connectivity index (χ2v) is 3.33. The number of hydrogen-bond donors (Lipinski definition) is 2. The molecule has 0 aromatic rings. The number of ether oxygens (including phenoxy) is 1. The van der Waals surface area contributed by atoms with Crippen molar-refractivity contribution < 1.29 is 4.74 Å². The van der Waals surface area contributed by atoms with Crippen LogP contribution in [0.1, 0.15) is 26.7 Å². The van der Waals surface area contributed by atoms with Crippen molar-refractivity contribution in [2.75, 3.05) is 26.7 Å². The minimum Gasteiger partial charge on any atom is -0.377 e. The SMILES string of the molecule is CCC(C)(CNCCCN)OC. The Labute approximate surface area is 75.7 Å². The van der Waals surface area contributed by atoms with Gasteiger partial charge in [-0.25, -0.2) is 0 Å². The van der Waals surface area contributed by atoms with E-state index in [2.05, 4.69) is 19.2 Å². The summed E-state index contributed by atoms with van der Waals surface area (Å²) in [5, 5.41) is 3.32. The van der Waals surface area contributed by atoms with Gasteiger partial charge >= 0.3 is 0 Å². The molecule has 3 N–H and O–H groups in total. The number of methoxy groups -OCH3 is 1. The van der Waals surface area contributed by atoms with Gasteiger partial charge in [-0.2, -0.15) is 0 Å². The first-order chi connectivity index (χ1) is 5.68. The summed E-state index contributed by atoms with van der Waals surface area (Å²) in [6.07, 6.45) is 2.06. The molecular formula is C9H22N2O. The Bertz CT molecular complexity index is 103. The van der Waals surface area contributed by atoms with Crippen molar-refractivity contribution in [2.45, 2.75) is 32.3 Å². The van der Waals surface area contributed by atoms with Crippen molar-refractivity contribution in [3.05, 3.63) is 0 Å². The molecule has 0 rings (SSSR count). The van der Waals surface area contributed by atoms with E-state index < -0.39 is 0 Å². The van der Waals surface area contributed by atoms with Gasteiger partial charge in [0.05, 0.1) is 5.60 Å². The minimum atomic E-state index is -0.0192. The monoisotopic (exact) mass is 174 g/mol. The molecule has 0 saturated heterocycles. The van der Waals surface area contributed by atoms with E-state index in [1.165, 1.54) is 0 Å². The lowest BCUT2D eigenvalue weighted by atomic mass is 10.0. The summed E-state index contributed by atoms with van der Waals surface area (Å²) in [6, 6.07) is 0. The van der Waals surface area contributed by atoms with Crippen LogP contribution in [0.25, 0.3) is 0 Å². The van der Waals surface area contributed by atoms with Crippen LogP contribution in [0.2, 0.25) is 0 Å². The molecule has 0 bridgehead atoms. The number of nitrogens with two attached hydrogens (primary N) is 1. The Hall–Kier alpha value is -0.120. The van der Waals surface area contributed by atoms with Crippen LogP contribution in [0.5, 0.6) is 0 Å². The van der Waals surface area contributed by atoms with Gasteiger partial charge < -0.3 is 15.8 Å². The van der Waals surface area contributed by atoms with Gasteiger partial charge in [0.15, 0.2) is 0 Å². The van der Waals surface area contributed by atoms with E-state index in [1.54, 1.807) is 7.11 Å². The normalized spacial score (nSPS) is 16.0. The van der Waals surface area contributed by atoms with E-state index in [9.17, 15) is 0 Å². The van der Waals surface area contributed by atoms with Crippen molar-refractivity contribution in [2.24, 2.45) is 5.73 Å². The van der Waals surface area contributed by atoms with Gasteiger partial charge in [-0.15, -0.1) is 0 Å². The lowest BCUT2D eigenvalue weighted by Gasteiger charge is -2.26. The van der Waals surface area contributed by atoms with E-state index >= 15 is 0 Å². The second kappa shape index (κ2) is 6.40. The third-order valence-corrected chi connectivity index (χ3v) is 2.30. The van der Waals surface area contributed by atoms with Crippen LogP contribution in [0, 0.1) is 0 Å². The fourth-order valence-electron chi connectivity index (χ4n) is 0.921. The number of rotatable bonds is 7. The molecule has 0 aliphatic rings. The molecule has 1 atom stereocenters. The van der Waals surface area contributed by atoms with Crippen LogP contribution in [-0.2, 0) is 4.74 Å². The summed E-state index contributed by atoms with van der Waals surface area (Å²) in [5.74, 6) is 0. The summed E-state index contributed by atoms with van der Waals surface area (Å²) < 4.78 is 5.37. The first kappa shape index (κ1) is 11.9. The Balaban J connectivity index is 3.45. The maximum Gasteiger partial charge on any atom is 0.0771 e. The molecule has 0 aliphatic heterocycles. The highest BCUT2D eigenvalue weighted by Crippen LogP contribution is 2.11. The maximum absolute atomic E-state index is 5.37. The molecule has 0 fully saturated rings. The minimum absolute atomic E-state index is 0.0192. The van der Waals surface area contributed by atoms with Crippen molar-refractivity contribution >= 4 is 0 Å². The van der Waals surface area contributed by atoms with Crippen LogP contribution in [0.15, 0.2) is 0 Å². The Morgan fingerprint density at radius 2 is 2.17 bits per heavy atom. The van der Waals surface area contributed by atoms with E-state index in [0.717, 1.165) is 32.5 Å². The summed E-state index contributed by atoms with van der Waals surface area (Å²) >= 11 is 0. The molecule has 0 saturated carbocycles. The largest absolute Gasteiger partial charge is 0.377 e. The smallest absolute Gasteiger partial charge is 0.0771 e. The van der Waals surface area contributed by atoms with Gasteiger partial charge in [0.2, 0.25) is 0 Å². The van der Waals surface area contributed by atoms with Crippen LogP contribution >= 0.6 is 0 Å². The molecular weight excluding hydrogens is 152 g/mol. The molecule has 12 heavy (non-hydrogen) atoms. The molecule has 0 aromatic carbocycles. The number of nitrogens with one attached hydrogen (secondary N) is 1. The van der Waals surface area contributed by atoms with Gasteiger partial charge in [0.1, 0.15) is 0 Å². The summed E-state index contributed by atoms with van der Waals surface area (Å²) in [5.41, 5.74) is 5.35. The topological polar surface area (TPSA) is 47.3 Å². The first-order valence-electron chi connectivity index (χ1n) is 4.64. The van der Waals surface area contributed by atoms with E-state index in [4.69, 9.17) is 10.5 Å². The third kappa shape index (κ3) is 4.70. The second-order valence-electron chi connectivity index (χ2n) is 3.33. The third-order valence-electron chi connectivity index (χ3n) is 2.30. The first-order valence-corrected chi connectivity index (χ1v) is 4.64. The average Bonchev–Trinajstić information content (AvgIpc) is 2.12.